The Bertz CT molecular complexity index is 812. The molecule has 2 aliphatic rings. The first-order valence-electron chi connectivity index (χ1n) is 8.47. The Kier molecular flexibility index (Phi) is 4.69. The highest BCUT2D eigenvalue weighted by Crippen LogP contribution is 2.34. The maximum Gasteiger partial charge on any atom is 0.242 e. The summed E-state index contributed by atoms with van der Waals surface area (Å²) in [5, 5.41) is 4.51. The first-order valence-corrected chi connectivity index (χ1v) is 8.85. The minimum absolute atomic E-state index is 0.0198. The Morgan fingerprint density at radius 3 is 3.04 bits per heavy atom. The van der Waals surface area contributed by atoms with Crippen molar-refractivity contribution >= 4 is 23.2 Å². The number of carbonyl (C=O) groups excluding carboxylic acids is 1. The summed E-state index contributed by atoms with van der Waals surface area (Å²) in [6.45, 7) is 4.55. The molecule has 4 rings (SSSR count). The molecule has 1 aromatic heterocycles. The van der Waals surface area contributed by atoms with Crippen LogP contribution in [0.3, 0.4) is 0 Å². The van der Waals surface area contributed by atoms with Crippen molar-refractivity contribution in [3.05, 3.63) is 34.9 Å². The van der Waals surface area contributed by atoms with E-state index in [4.69, 9.17) is 25.6 Å². The summed E-state index contributed by atoms with van der Waals surface area (Å²) >= 11 is 6.10. The van der Waals surface area contributed by atoms with Crippen molar-refractivity contribution < 1.29 is 18.8 Å². The van der Waals surface area contributed by atoms with E-state index in [9.17, 15) is 4.79 Å². The van der Waals surface area contributed by atoms with Crippen LogP contribution in [-0.4, -0.2) is 60.3 Å². The molecule has 3 heterocycles. The highest BCUT2D eigenvalue weighted by atomic mass is 35.5. The van der Waals surface area contributed by atoms with Gasteiger partial charge < -0.3 is 23.8 Å². The van der Waals surface area contributed by atoms with Crippen LogP contribution in [-0.2, 0) is 9.53 Å². The molecule has 0 spiro atoms. The van der Waals surface area contributed by atoms with E-state index in [1.54, 1.807) is 17.9 Å². The lowest BCUT2D eigenvalue weighted by atomic mass is 10.2. The molecule has 0 bridgehead atoms. The van der Waals surface area contributed by atoms with Gasteiger partial charge in [0.2, 0.25) is 17.6 Å². The number of aromatic nitrogens is 2. The molecule has 1 amide bonds. The summed E-state index contributed by atoms with van der Waals surface area (Å²) in [5.41, 5.74) is 0.843. The van der Waals surface area contributed by atoms with Gasteiger partial charge in [-0.2, -0.15) is 4.98 Å². The van der Waals surface area contributed by atoms with Crippen molar-refractivity contribution in [2.24, 2.45) is 0 Å². The van der Waals surface area contributed by atoms with E-state index in [0.29, 0.717) is 49.6 Å². The van der Waals surface area contributed by atoms with Crippen LogP contribution in [0.4, 0.5) is 5.69 Å². The molecule has 0 radical (unpaired) electrons. The Balaban J connectivity index is 1.44. The molecule has 2 aliphatic heterocycles. The van der Waals surface area contributed by atoms with Gasteiger partial charge in [-0.1, -0.05) is 16.8 Å². The lowest BCUT2D eigenvalue weighted by Crippen LogP contribution is -2.48. The summed E-state index contributed by atoms with van der Waals surface area (Å²) in [6.07, 6.45) is -0.364. The molecule has 0 N–H and O–H groups in total. The lowest BCUT2D eigenvalue weighted by molar-refractivity contribution is -0.137. The molecule has 1 saturated heterocycles. The third kappa shape index (κ3) is 3.47. The largest absolute Gasteiger partial charge is 0.490 e. The quantitative estimate of drug-likeness (QED) is 0.805. The number of halogens is 1. The van der Waals surface area contributed by atoms with E-state index < -0.39 is 0 Å². The van der Waals surface area contributed by atoms with Crippen LogP contribution in [0.5, 0.6) is 5.75 Å². The van der Waals surface area contributed by atoms with Gasteiger partial charge in [-0.25, -0.2) is 0 Å². The molecule has 9 heteroatoms. The number of rotatable bonds is 3. The van der Waals surface area contributed by atoms with Crippen molar-refractivity contribution in [1.82, 2.24) is 15.0 Å². The molecule has 0 aliphatic carbocycles. The number of anilines is 1. The lowest BCUT2D eigenvalue weighted by Gasteiger charge is -2.35. The zero-order valence-corrected chi connectivity index (χ0v) is 15.1. The van der Waals surface area contributed by atoms with Gasteiger partial charge in [-0.15, -0.1) is 0 Å². The average Bonchev–Trinajstić information content (AvgIpc) is 3.09. The van der Waals surface area contributed by atoms with Gasteiger partial charge in [0.15, 0.2) is 0 Å². The summed E-state index contributed by atoms with van der Waals surface area (Å²) < 4.78 is 16.3. The van der Waals surface area contributed by atoms with Crippen molar-refractivity contribution in [1.29, 1.82) is 0 Å². The first kappa shape index (κ1) is 17.1. The monoisotopic (exact) mass is 378 g/mol. The first-order chi connectivity index (χ1) is 12.6. The second kappa shape index (κ2) is 7.13. The van der Waals surface area contributed by atoms with Gasteiger partial charge in [0.25, 0.3) is 0 Å². The molecule has 138 valence electrons. The van der Waals surface area contributed by atoms with Crippen molar-refractivity contribution in [2.75, 3.05) is 44.3 Å². The van der Waals surface area contributed by atoms with Gasteiger partial charge in [0.05, 0.1) is 31.9 Å². The molecule has 1 aromatic carbocycles. The number of hydrogen-bond acceptors (Lipinski definition) is 7. The van der Waals surface area contributed by atoms with Crippen LogP contribution >= 0.6 is 11.6 Å². The van der Waals surface area contributed by atoms with Crippen LogP contribution in [0.2, 0.25) is 5.02 Å². The van der Waals surface area contributed by atoms with Crippen molar-refractivity contribution in [3.8, 4) is 5.75 Å². The van der Waals surface area contributed by atoms with Gasteiger partial charge >= 0.3 is 0 Å². The van der Waals surface area contributed by atoms with E-state index in [1.807, 2.05) is 17.0 Å². The van der Waals surface area contributed by atoms with E-state index in [2.05, 4.69) is 10.1 Å². The number of amides is 1. The molecule has 1 atom stereocenters. The van der Waals surface area contributed by atoms with Crippen molar-refractivity contribution in [3.63, 3.8) is 0 Å². The van der Waals surface area contributed by atoms with E-state index in [0.717, 1.165) is 11.4 Å². The number of fused-ring (bicyclic) bond motifs is 1. The van der Waals surface area contributed by atoms with Gasteiger partial charge in [0.1, 0.15) is 18.5 Å². The topological polar surface area (TPSA) is 80.9 Å². The fourth-order valence-corrected chi connectivity index (χ4v) is 3.32. The minimum Gasteiger partial charge on any atom is -0.490 e. The minimum atomic E-state index is -0.364. The highest BCUT2D eigenvalue weighted by molar-refractivity contribution is 6.31. The molecule has 1 unspecified atom stereocenters. The normalized spacial score (nSPS) is 19.8. The average molecular weight is 379 g/mol. The number of nitrogens with zero attached hydrogens (tertiary/aromatic N) is 4. The number of aryl methyl sites for hydroxylation is 1. The standard InChI is InChI=1S/C17H19ClN4O4/c1-11-19-17(20-26-11)15-9-22(5-7-25-15)16(23)10-21-4-6-24-14-3-2-12(18)8-13(14)21/h2-3,8,15H,4-7,9-10H2,1H3. The maximum absolute atomic E-state index is 12.8. The van der Waals surface area contributed by atoms with E-state index in [-0.39, 0.29) is 18.6 Å². The number of hydrogen-bond donors (Lipinski definition) is 0. The van der Waals surface area contributed by atoms with Crippen molar-refractivity contribution in [2.45, 2.75) is 13.0 Å². The smallest absolute Gasteiger partial charge is 0.242 e. The molecular weight excluding hydrogens is 360 g/mol. The Morgan fingerprint density at radius 2 is 2.23 bits per heavy atom. The third-order valence-electron chi connectivity index (χ3n) is 4.46. The predicted molar refractivity (Wildman–Crippen MR) is 93.5 cm³/mol. The fraction of sp³-hybridized carbons (Fsp3) is 0.471. The Morgan fingerprint density at radius 1 is 1.35 bits per heavy atom. The van der Waals surface area contributed by atoms with Gasteiger partial charge in [0, 0.05) is 18.5 Å². The second-order valence-corrected chi connectivity index (χ2v) is 6.69. The summed E-state index contributed by atoms with van der Waals surface area (Å²) in [7, 11) is 0. The highest BCUT2D eigenvalue weighted by Gasteiger charge is 2.30. The molecule has 8 nitrogen and oxygen atoms in total. The van der Waals surface area contributed by atoms with Crippen LogP contribution < -0.4 is 9.64 Å². The Labute approximate surface area is 155 Å². The van der Waals surface area contributed by atoms with Crippen LogP contribution in [0, 0.1) is 6.92 Å². The SMILES string of the molecule is Cc1nc(C2CN(C(=O)CN3CCOc4ccc(Cl)cc43)CCO2)no1. The number of ether oxygens (including phenoxy) is 2. The van der Waals surface area contributed by atoms with E-state index in [1.165, 1.54) is 0 Å². The number of carbonyl (C=O) groups is 1. The Hall–Kier alpha value is -2.32. The number of benzene rings is 1. The third-order valence-corrected chi connectivity index (χ3v) is 4.69. The molecule has 2 aromatic rings. The number of morpholine rings is 1. The summed E-state index contributed by atoms with van der Waals surface area (Å²) in [6, 6.07) is 5.44. The molecule has 0 saturated carbocycles. The summed E-state index contributed by atoms with van der Waals surface area (Å²) in [4.78, 5) is 20.8. The zero-order chi connectivity index (χ0) is 18.1. The predicted octanol–water partition coefficient (Wildman–Crippen LogP) is 1.83. The molecular formula is C17H19ClN4O4. The molecule has 1 fully saturated rings. The fourth-order valence-electron chi connectivity index (χ4n) is 3.15. The van der Waals surface area contributed by atoms with Crippen LogP contribution in [0.1, 0.15) is 17.8 Å². The van der Waals surface area contributed by atoms with Crippen LogP contribution in [0.15, 0.2) is 22.7 Å². The maximum atomic E-state index is 12.8. The molecule has 26 heavy (non-hydrogen) atoms. The second-order valence-electron chi connectivity index (χ2n) is 6.25. The van der Waals surface area contributed by atoms with Gasteiger partial charge in [-0.05, 0) is 18.2 Å². The summed E-state index contributed by atoms with van der Waals surface area (Å²) in [5.74, 6) is 1.72. The zero-order valence-electron chi connectivity index (χ0n) is 14.4. The van der Waals surface area contributed by atoms with E-state index >= 15 is 0 Å². The van der Waals surface area contributed by atoms with Gasteiger partial charge in [-0.3, -0.25) is 4.79 Å². The van der Waals surface area contributed by atoms with Crippen LogP contribution in [0.25, 0.3) is 0 Å².